The number of nitrogens with one attached hydrogen (secondary N) is 1. The van der Waals surface area contributed by atoms with E-state index < -0.39 is 5.97 Å². The lowest BCUT2D eigenvalue weighted by atomic mass is 10.2. The molecule has 0 aliphatic heterocycles. The van der Waals surface area contributed by atoms with Crippen molar-refractivity contribution in [3.63, 3.8) is 0 Å². The van der Waals surface area contributed by atoms with Gasteiger partial charge >= 0.3 is 5.97 Å². The van der Waals surface area contributed by atoms with Crippen LogP contribution in [0.3, 0.4) is 0 Å². The van der Waals surface area contributed by atoms with Gasteiger partial charge in [0.05, 0.1) is 19.3 Å². The highest BCUT2D eigenvalue weighted by molar-refractivity contribution is 5.85. The van der Waals surface area contributed by atoms with Crippen LogP contribution in [0.2, 0.25) is 0 Å². The van der Waals surface area contributed by atoms with E-state index in [2.05, 4.69) is 25.0 Å². The molecule has 1 N–H and O–H groups in total. The van der Waals surface area contributed by atoms with E-state index in [4.69, 9.17) is 0 Å². The third-order valence-electron chi connectivity index (χ3n) is 2.58. The van der Waals surface area contributed by atoms with Crippen molar-refractivity contribution in [2.75, 3.05) is 12.4 Å². The third kappa shape index (κ3) is 3.25. The van der Waals surface area contributed by atoms with Crippen molar-refractivity contribution in [2.45, 2.75) is 13.5 Å². The molecule has 2 heterocycles. The van der Waals surface area contributed by atoms with E-state index in [9.17, 15) is 4.79 Å². The standard InChI is InChI=1S/C13H14N4O2/c1-9-4-3-6-14-10(9)8-16-11-5-7-15-12(17-11)13(18)19-2/h3-7H,8H2,1-2H3,(H,15,16,17). The lowest BCUT2D eigenvalue weighted by Crippen LogP contribution is -2.10. The summed E-state index contributed by atoms with van der Waals surface area (Å²) in [6.45, 7) is 2.52. The van der Waals surface area contributed by atoms with Gasteiger partial charge in [0.15, 0.2) is 0 Å². The Morgan fingerprint density at radius 1 is 1.32 bits per heavy atom. The fraction of sp³-hybridized carbons (Fsp3) is 0.231. The van der Waals surface area contributed by atoms with Crippen LogP contribution in [0.4, 0.5) is 5.82 Å². The van der Waals surface area contributed by atoms with Crippen LogP contribution in [-0.4, -0.2) is 28.0 Å². The third-order valence-corrected chi connectivity index (χ3v) is 2.58. The number of carbonyl (C=O) groups excluding carboxylic acids is 1. The average molecular weight is 258 g/mol. The second kappa shape index (κ2) is 5.90. The Labute approximate surface area is 110 Å². The number of hydrogen-bond donors (Lipinski definition) is 1. The molecule has 0 saturated heterocycles. The molecule has 0 aromatic carbocycles. The van der Waals surface area contributed by atoms with E-state index in [1.54, 1.807) is 12.3 Å². The van der Waals surface area contributed by atoms with E-state index >= 15 is 0 Å². The molecule has 0 fully saturated rings. The molecule has 0 atom stereocenters. The molecule has 0 spiro atoms. The molecule has 2 aromatic rings. The van der Waals surface area contributed by atoms with Crippen molar-refractivity contribution in [3.05, 3.63) is 47.7 Å². The molecule has 0 saturated carbocycles. The molecule has 0 amide bonds. The monoisotopic (exact) mass is 258 g/mol. The van der Waals surface area contributed by atoms with Crippen LogP contribution in [0.25, 0.3) is 0 Å². The summed E-state index contributed by atoms with van der Waals surface area (Å²) in [5.74, 6) is 0.0309. The van der Waals surface area contributed by atoms with E-state index in [1.807, 2.05) is 19.1 Å². The molecule has 19 heavy (non-hydrogen) atoms. The smallest absolute Gasteiger partial charge is 0.376 e. The largest absolute Gasteiger partial charge is 0.463 e. The van der Waals surface area contributed by atoms with Gasteiger partial charge in [-0.05, 0) is 24.6 Å². The zero-order valence-electron chi connectivity index (χ0n) is 10.8. The minimum atomic E-state index is -0.558. The number of pyridine rings is 1. The van der Waals surface area contributed by atoms with Crippen LogP contribution >= 0.6 is 0 Å². The number of esters is 1. The van der Waals surface area contributed by atoms with Gasteiger partial charge in [-0.2, -0.15) is 0 Å². The Morgan fingerprint density at radius 2 is 2.16 bits per heavy atom. The summed E-state index contributed by atoms with van der Waals surface area (Å²) in [7, 11) is 1.29. The molecule has 0 aliphatic rings. The highest BCUT2D eigenvalue weighted by Crippen LogP contribution is 2.08. The Kier molecular flexibility index (Phi) is 4.02. The molecule has 0 bridgehead atoms. The average Bonchev–Trinajstić information content (AvgIpc) is 2.46. The minimum Gasteiger partial charge on any atom is -0.463 e. The van der Waals surface area contributed by atoms with E-state index in [1.165, 1.54) is 13.3 Å². The highest BCUT2D eigenvalue weighted by atomic mass is 16.5. The zero-order valence-corrected chi connectivity index (χ0v) is 10.8. The number of nitrogens with zero attached hydrogens (tertiary/aromatic N) is 3. The molecule has 98 valence electrons. The van der Waals surface area contributed by atoms with E-state index in [0.717, 1.165) is 11.3 Å². The number of hydrogen-bond acceptors (Lipinski definition) is 6. The van der Waals surface area contributed by atoms with Crippen LogP contribution in [0, 0.1) is 6.92 Å². The van der Waals surface area contributed by atoms with Crippen molar-refractivity contribution < 1.29 is 9.53 Å². The van der Waals surface area contributed by atoms with Crippen LogP contribution in [0.1, 0.15) is 21.9 Å². The number of aromatic nitrogens is 3. The van der Waals surface area contributed by atoms with E-state index in [0.29, 0.717) is 12.4 Å². The van der Waals surface area contributed by atoms with Gasteiger partial charge in [0.25, 0.3) is 0 Å². The van der Waals surface area contributed by atoms with Gasteiger partial charge in [-0.1, -0.05) is 6.07 Å². The summed E-state index contributed by atoms with van der Waals surface area (Å²) >= 11 is 0. The summed E-state index contributed by atoms with van der Waals surface area (Å²) in [5.41, 5.74) is 2.03. The first-order valence-electron chi connectivity index (χ1n) is 5.76. The second-order valence-electron chi connectivity index (χ2n) is 3.88. The summed E-state index contributed by atoms with van der Waals surface area (Å²) in [4.78, 5) is 23.5. The molecule has 6 heteroatoms. The van der Waals surface area contributed by atoms with Gasteiger partial charge in [0, 0.05) is 12.4 Å². The quantitative estimate of drug-likeness (QED) is 0.839. The molecule has 2 rings (SSSR count). The lowest BCUT2D eigenvalue weighted by Gasteiger charge is -2.07. The Morgan fingerprint density at radius 3 is 2.89 bits per heavy atom. The van der Waals surface area contributed by atoms with Crippen molar-refractivity contribution in [1.29, 1.82) is 0 Å². The fourth-order valence-electron chi connectivity index (χ4n) is 1.52. The van der Waals surface area contributed by atoms with Crippen LogP contribution in [0.15, 0.2) is 30.6 Å². The lowest BCUT2D eigenvalue weighted by molar-refractivity contribution is 0.0587. The van der Waals surface area contributed by atoms with Gasteiger partial charge < -0.3 is 10.1 Å². The number of ether oxygens (including phenoxy) is 1. The fourth-order valence-corrected chi connectivity index (χ4v) is 1.52. The maximum absolute atomic E-state index is 11.3. The SMILES string of the molecule is COC(=O)c1nccc(NCc2ncccc2C)n1. The highest BCUT2D eigenvalue weighted by Gasteiger charge is 2.09. The first kappa shape index (κ1) is 12.9. The number of rotatable bonds is 4. The molecule has 0 radical (unpaired) electrons. The van der Waals surface area contributed by atoms with Crippen molar-refractivity contribution in [3.8, 4) is 0 Å². The van der Waals surface area contributed by atoms with Gasteiger partial charge in [-0.15, -0.1) is 0 Å². The predicted octanol–water partition coefficient (Wildman–Crippen LogP) is 1.58. The molecular formula is C13H14N4O2. The minimum absolute atomic E-state index is 0.0326. The first-order chi connectivity index (χ1) is 9.20. The number of anilines is 1. The van der Waals surface area contributed by atoms with Crippen molar-refractivity contribution in [2.24, 2.45) is 0 Å². The molecule has 0 unspecified atom stereocenters. The number of carbonyl (C=O) groups is 1. The van der Waals surface area contributed by atoms with Crippen LogP contribution in [0.5, 0.6) is 0 Å². The number of methoxy groups -OCH3 is 1. The zero-order chi connectivity index (χ0) is 13.7. The van der Waals surface area contributed by atoms with Crippen molar-refractivity contribution >= 4 is 11.8 Å². The van der Waals surface area contributed by atoms with E-state index in [-0.39, 0.29) is 5.82 Å². The molecular weight excluding hydrogens is 244 g/mol. The van der Waals surface area contributed by atoms with Crippen LogP contribution in [-0.2, 0) is 11.3 Å². The molecule has 0 aliphatic carbocycles. The van der Waals surface area contributed by atoms with Gasteiger partial charge in [0.2, 0.25) is 5.82 Å². The summed E-state index contributed by atoms with van der Waals surface area (Å²) in [6.07, 6.45) is 3.25. The number of aryl methyl sites for hydroxylation is 1. The molecule has 2 aromatic heterocycles. The normalized spacial score (nSPS) is 10.0. The predicted molar refractivity (Wildman–Crippen MR) is 69.7 cm³/mol. The molecule has 6 nitrogen and oxygen atoms in total. The Bertz CT molecular complexity index is 586. The second-order valence-corrected chi connectivity index (χ2v) is 3.88. The van der Waals surface area contributed by atoms with Crippen LogP contribution < -0.4 is 5.32 Å². The van der Waals surface area contributed by atoms with Gasteiger partial charge in [0.1, 0.15) is 5.82 Å². The Balaban J connectivity index is 2.08. The maximum Gasteiger partial charge on any atom is 0.376 e. The maximum atomic E-state index is 11.3. The van der Waals surface area contributed by atoms with Gasteiger partial charge in [-0.3, -0.25) is 4.98 Å². The first-order valence-corrected chi connectivity index (χ1v) is 5.76. The summed E-state index contributed by atoms with van der Waals surface area (Å²) < 4.78 is 4.57. The van der Waals surface area contributed by atoms with Gasteiger partial charge in [-0.25, -0.2) is 14.8 Å². The Hall–Kier alpha value is -2.50. The summed E-state index contributed by atoms with van der Waals surface area (Å²) in [6, 6.07) is 5.56. The summed E-state index contributed by atoms with van der Waals surface area (Å²) in [5, 5.41) is 3.10. The topological polar surface area (TPSA) is 77.0 Å². The van der Waals surface area contributed by atoms with Crippen molar-refractivity contribution in [1.82, 2.24) is 15.0 Å².